The maximum absolute atomic E-state index is 11.3. The number of nitrogens with zero attached hydrogens (tertiary/aromatic N) is 3. The number of allylic oxidation sites excluding steroid dienone is 4. The number of rotatable bonds is 6. The summed E-state index contributed by atoms with van der Waals surface area (Å²) in [5, 5.41) is 15.6. The molecule has 1 aliphatic carbocycles. The summed E-state index contributed by atoms with van der Waals surface area (Å²) in [5.41, 5.74) is 2.44. The van der Waals surface area contributed by atoms with Crippen molar-refractivity contribution in [2.45, 2.75) is 39.5 Å². The number of aromatic nitrogens is 4. The number of sulfonamides is 1. The molecule has 3 rings (SSSR count). The molecule has 2 aromatic heterocycles. The van der Waals surface area contributed by atoms with Crippen LogP contribution in [0.25, 0.3) is 5.57 Å². The maximum atomic E-state index is 11.3. The first-order chi connectivity index (χ1) is 13.3. The van der Waals surface area contributed by atoms with E-state index in [9.17, 15) is 8.42 Å². The molecular formula is C19H22N6O2S. The first-order valence-corrected chi connectivity index (χ1v) is 10.3. The molecule has 0 unspecified atom stereocenters. The highest BCUT2D eigenvalue weighted by Gasteiger charge is 2.25. The van der Waals surface area contributed by atoms with Gasteiger partial charge in [0.2, 0.25) is 10.0 Å². The lowest BCUT2D eigenvalue weighted by Gasteiger charge is -2.07. The quantitative estimate of drug-likeness (QED) is 0.507. The molecule has 8 nitrogen and oxygen atoms in total. The van der Waals surface area contributed by atoms with Crippen LogP contribution in [0.3, 0.4) is 0 Å². The predicted octanol–water partition coefficient (Wildman–Crippen LogP) is 2.79. The Morgan fingerprint density at radius 2 is 2.11 bits per heavy atom. The van der Waals surface area contributed by atoms with E-state index in [2.05, 4.69) is 37.3 Å². The number of primary sulfonamides is 1. The molecular weight excluding hydrogens is 376 g/mol. The Balaban J connectivity index is 1.90. The van der Waals surface area contributed by atoms with Crippen LogP contribution in [0.5, 0.6) is 0 Å². The Hall–Kier alpha value is -2.96. The van der Waals surface area contributed by atoms with Gasteiger partial charge in [0.05, 0.1) is 10.5 Å². The molecule has 0 radical (unpaired) electrons. The summed E-state index contributed by atoms with van der Waals surface area (Å²) >= 11 is 0. The SMILES string of the molecule is CC#Cc1cnc(/C(C)=C/C=C(\C)S(N)(=O)=O)nc1Nc1cc(C2CC2)[nH]n1. The van der Waals surface area contributed by atoms with Crippen molar-refractivity contribution in [1.82, 2.24) is 20.2 Å². The summed E-state index contributed by atoms with van der Waals surface area (Å²) in [7, 11) is -3.71. The molecule has 0 spiro atoms. The minimum atomic E-state index is -3.71. The molecule has 28 heavy (non-hydrogen) atoms. The number of nitrogens with two attached hydrogens (primary N) is 1. The van der Waals surface area contributed by atoms with Crippen molar-refractivity contribution in [3.8, 4) is 11.8 Å². The Morgan fingerprint density at radius 3 is 2.75 bits per heavy atom. The fourth-order valence-electron chi connectivity index (χ4n) is 2.43. The summed E-state index contributed by atoms with van der Waals surface area (Å²) in [6.45, 7) is 4.96. The van der Waals surface area contributed by atoms with Crippen LogP contribution in [0.4, 0.5) is 11.6 Å². The third-order valence-corrected chi connectivity index (χ3v) is 5.31. The van der Waals surface area contributed by atoms with Crippen molar-refractivity contribution in [3.63, 3.8) is 0 Å². The van der Waals surface area contributed by atoms with Crippen molar-refractivity contribution in [3.05, 3.63) is 46.4 Å². The molecule has 146 valence electrons. The topological polar surface area (TPSA) is 127 Å². The lowest BCUT2D eigenvalue weighted by molar-refractivity contribution is 0.603. The van der Waals surface area contributed by atoms with E-state index >= 15 is 0 Å². The van der Waals surface area contributed by atoms with E-state index in [1.807, 2.05) is 6.07 Å². The van der Waals surface area contributed by atoms with E-state index in [1.54, 1.807) is 26.1 Å². The Labute approximate surface area is 164 Å². The predicted molar refractivity (Wildman–Crippen MR) is 109 cm³/mol. The smallest absolute Gasteiger partial charge is 0.233 e. The average Bonchev–Trinajstić information content (AvgIpc) is 3.39. The second kappa shape index (κ2) is 7.96. The van der Waals surface area contributed by atoms with Gasteiger partial charge in [0.25, 0.3) is 0 Å². The van der Waals surface area contributed by atoms with E-state index in [4.69, 9.17) is 5.14 Å². The van der Waals surface area contributed by atoms with Gasteiger partial charge in [-0.2, -0.15) is 5.10 Å². The van der Waals surface area contributed by atoms with Crippen molar-refractivity contribution < 1.29 is 8.42 Å². The van der Waals surface area contributed by atoms with Gasteiger partial charge in [-0.1, -0.05) is 12.0 Å². The fraction of sp³-hybridized carbons (Fsp3) is 0.316. The van der Waals surface area contributed by atoms with Crippen LogP contribution in [-0.2, 0) is 10.0 Å². The molecule has 0 bridgehead atoms. The molecule has 0 amide bonds. The largest absolute Gasteiger partial charge is 0.322 e. The van der Waals surface area contributed by atoms with Crippen LogP contribution in [0.15, 0.2) is 29.3 Å². The van der Waals surface area contributed by atoms with Crippen LogP contribution < -0.4 is 10.5 Å². The van der Waals surface area contributed by atoms with Gasteiger partial charge >= 0.3 is 0 Å². The zero-order valence-electron chi connectivity index (χ0n) is 15.9. The molecule has 1 saturated carbocycles. The fourth-order valence-corrected chi connectivity index (χ4v) is 2.69. The van der Waals surface area contributed by atoms with Gasteiger partial charge in [-0.25, -0.2) is 23.5 Å². The third kappa shape index (κ3) is 4.85. The van der Waals surface area contributed by atoms with Crippen LogP contribution >= 0.6 is 0 Å². The standard InChI is InChI=1S/C19H22N6O2S/c1-4-5-15-11-21-18(12(2)6-7-13(3)28(20,26)27)23-19(15)22-17-10-16(24-25-17)14-8-9-14/h6-7,10-11,14H,8-9H2,1-3H3,(H2,20,26,27)(H2,21,22,23,24,25)/b12-6+,13-7+. The molecule has 2 aromatic rings. The van der Waals surface area contributed by atoms with Crippen LogP contribution in [0, 0.1) is 11.8 Å². The van der Waals surface area contributed by atoms with Crippen LogP contribution in [0.2, 0.25) is 0 Å². The second-order valence-corrected chi connectivity index (χ2v) is 8.34. The zero-order valence-corrected chi connectivity index (χ0v) is 16.8. The molecule has 0 atom stereocenters. The number of hydrogen-bond donors (Lipinski definition) is 3. The van der Waals surface area contributed by atoms with E-state index in [-0.39, 0.29) is 4.91 Å². The molecule has 1 aliphatic rings. The molecule has 2 heterocycles. The lowest BCUT2D eigenvalue weighted by Crippen LogP contribution is -2.12. The Bertz CT molecular complexity index is 1110. The monoisotopic (exact) mass is 398 g/mol. The highest BCUT2D eigenvalue weighted by Crippen LogP contribution is 2.39. The molecule has 1 fully saturated rings. The van der Waals surface area contributed by atoms with Crippen molar-refractivity contribution in [2.24, 2.45) is 5.14 Å². The Morgan fingerprint density at radius 1 is 1.36 bits per heavy atom. The second-order valence-electron chi connectivity index (χ2n) is 6.61. The van der Waals surface area contributed by atoms with E-state index in [0.717, 1.165) is 5.69 Å². The molecule has 0 aromatic carbocycles. The zero-order chi connectivity index (χ0) is 20.3. The summed E-state index contributed by atoms with van der Waals surface area (Å²) in [4.78, 5) is 8.92. The van der Waals surface area contributed by atoms with Gasteiger partial charge in [-0.05, 0) is 45.3 Å². The van der Waals surface area contributed by atoms with Crippen molar-refractivity contribution in [2.75, 3.05) is 5.32 Å². The molecule has 9 heteroatoms. The summed E-state index contributed by atoms with van der Waals surface area (Å²) in [5.74, 6) is 8.03. The lowest BCUT2D eigenvalue weighted by atomic mass is 10.2. The van der Waals surface area contributed by atoms with Gasteiger partial charge in [-0.15, -0.1) is 5.92 Å². The third-order valence-electron chi connectivity index (χ3n) is 4.28. The molecule has 0 saturated heterocycles. The first kappa shape index (κ1) is 19.8. The first-order valence-electron chi connectivity index (χ1n) is 8.78. The normalized spacial score (nSPS) is 15.1. The van der Waals surface area contributed by atoms with Crippen molar-refractivity contribution in [1.29, 1.82) is 0 Å². The molecule has 4 N–H and O–H groups in total. The van der Waals surface area contributed by atoms with Crippen LogP contribution in [0.1, 0.15) is 56.6 Å². The number of nitrogens with one attached hydrogen (secondary N) is 2. The van der Waals surface area contributed by atoms with Crippen molar-refractivity contribution >= 4 is 27.2 Å². The van der Waals surface area contributed by atoms with Gasteiger partial charge in [-0.3, -0.25) is 5.10 Å². The minimum absolute atomic E-state index is 0.0581. The van der Waals surface area contributed by atoms with Gasteiger partial charge < -0.3 is 5.32 Å². The Kier molecular flexibility index (Phi) is 5.63. The van der Waals surface area contributed by atoms with Gasteiger partial charge in [0.1, 0.15) is 0 Å². The number of hydrogen-bond acceptors (Lipinski definition) is 6. The van der Waals surface area contributed by atoms with Gasteiger partial charge in [0.15, 0.2) is 17.5 Å². The highest BCUT2D eigenvalue weighted by molar-refractivity contribution is 7.93. The number of aromatic amines is 1. The minimum Gasteiger partial charge on any atom is -0.322 e. The number of H-pyrrole nitrogens is 1. The summed E-state index contributed by atoms with van der Waals surface area (Å²) in [6.07, 6.45) is 7.03. The summed E-state index contributed by atoms with van der Waals surface area (Å²) in [6, 6.07) is 1.98. The summed E-state index contributed by atoms with van der Waals surface area (Å²) < 4.78 is 22.6. The average molecular weight is 398 g/mol. The number of anilines is 2. The van der Waals surface area contributed by atoms with E-state index in [1.165, 1.54) is 25.8 Å². The highest BCUT2D eigenvalue weighted by atomic mass is 32.2. The van der Waals surface area contributed by atoms with E-state index < -0.39 is 10.0 Å². The maximum Gasteiger partial charge on any atom is 0.233 e. The molecule has 0 aliphatic heterocycles. The van der Waals surface area contributed by atoms with E-state index in [0.29, 0.717) is 34.5 Å². The van der Waals surface area contributed by atoms with Gasteiger partial charge in [0, 0.05) is 23.9 Å². The van der Waals surface area contributed by atoms with Crippen LogP contribution in [-0.4, -0.2) is 28.6 Å².